The van der Waals surface area contributed by atoms with Gasteiger partial charge in [-0.3, -0.25) is 19.2 Å². The van der Waals surface area contributed by atoms with Crippen molar-refractivity contribution in [1.29, 1.82) is 0 Å². The summed E-state index contributed by atoms with van der Waals surface area (Å²) in [4.78, 5) is 87.2. The molecule has 20 atom stereocenters. The van der Waals surface area contributed by atoms with E-state index in [-0.39, 0.29) is 43.2 Å². The summed E-state index contributed by atoms with van der Waals surface area (Å²) in [6.45, 7) is 11.3. The van der Waals surface area contributed by atoms with Crippen LogP contribution in [0.25, 0.3) is 0 Å². The number of hydrogen-bond acceptors (Lipinski definition) is 20. The molecule has 446 valence electrons. The molecule has 2 bridgehead atoms. The predicted octanol–water partition coefficient (Wildman–Crippen LogP) is 4.14. The first-order valence-electron chi connectivity index (χ1n) is 28.1. The number of amides is 1. The number of nitrogens with zero attached hydrogens (tertiary/aromatic N) is 1. The highest BCUT2D eigenvalue weighted by molar-refractivity contribution is 6.39. The van der Waals surface area contributed by atoms with Gasteiger partial charge in [-0.2, -0.15) is 0 Å². The topological polar surface area (TPSA) is 301 Å². The molecule has 21 heteroatoms. The lowest BCUT2D eigenvalue weighted by molar-refractivity contribution is -0.289. The number of cyclic esters (lactones) is 1. The van der Waals surface area contributed by atoms with Gasteiger partial charge in [0, 0.05) is 58.5 Å². The summed E-state index contributed by atoms with van der Waals surface area (Å²) in [7, 11) is 4.31. The Morgan fingerprint density at radius 2 is 1.53 bits per heavy atom. The Hall–Kier alpha value is -4.26. The minimum atomic E-state index is -2.50. The van der Waals surface area contributed by atoms with Crippen LogP contribution < -0.4 is 0 Å². The molecular formula is C58H89NO20. The number of aliphatic hydroxyl groups is 6. The van der Waals surface area contributed by atoms with Crippen molar-refractivity contribution in [2.45, 2.75) is 211 Å². The molecule has 0 spiro atoms. The van der Waals surface area contributed by atoms with Crippen molar-refractivity contribution in [3.63, 3.8) is 0 Å². The third-order valence-corrected chi connectivity index (χ3v) is 16.7. The molecule has 3 unspecified atom stereocenters. The first-order valence-corrected chi connectivity index (χ1v) is 28.1. The standard InChI is InChI=1S/C58H89NO20/c1-31-16-12-11-13-17-32(2)43(72-8)28-39-21-19-37(7)58(71,79-39)53(67)54(68)59-23-15-14-18-40(59)55(69)75-44(34(4)26-38-20-22-41(61)45(27-38)73-9)29-42(62)33(3)25-36(6)51(52(74-10)47(63)35(5)24-31)77-57(70)78-56-50(66)49(65)48(64)46(30-60)76-56/h11-13,16-17,25,31,33-35,37-41,43-46,48-52,56,60-61,64-66,71H,14-15,18-24,26-30H2,1-10H3/b13-11+,16-12-,32-17+,36-25+/t31-,33-,34-,35-,37-,38?,39+,40?,41-,43+,44+,45-,46+,48+,49+,50+,51-,52+,56?,58-/m1/s1. The second kappa shape index (κ2) is 30.2. The normalized spacial score (nSPS) is 41.1. The van der Waals surface area contributed by atoms with Crippen LogP contribution in [-0.4, -0.2) is 191 Å². The number of fused-ring (bicyclic) bond motifs is 3. The lowest BCUT2D eigenvalue weighted by Gasteiger charge is -2.42. The van der Waals surface area contributed by atoms with Crippen LogP contribution in [0.15, 0.2) is 47.6 Å². The van der Waals surface area contributed by atoms with Gasteiger partial charge in [-0.05, 0) is 107 Å². The van der Waals surface area contributed by atoms with E-state index in [0.29, 0.717) is 57.8 Å². The quantitative estimate of drug-likeness (QED) is 0.107. The molecular weight excluding hydrogens is 1030 g/mol. The largest absolute Gasteiger partial charge is 0.511 e. The van der Waals surface area contributed by atoms with Gasteiger partial charge in [0.05, 0.1) is 31.0 Å². The second-order valence-electron chi connectivity index (χ2n) is 22.7. The average molecular weight is 1120 g/mol. The highest BCUT2D eigenvalue weighted by Crippen LogP contribution is 2.38. The van der Waals surface area contributed by atoms with Gasteiger partial charge in [0.1, 0.15) is 42.3 Å². The van der Waals surface area contributed by atoms with E-state index in [1.165, 1.54) is 34.3 Å². The number of esters is 1. The Morgan fingerprint density at radius 3 is 2.20 bits per heavy atom. The Bertz CT molecular complexity index is 2190. The van der Waals surface area contributed by atoms with Crippen molar-refractivity contribution in [3.05, 3.63) is 47.6 Å². The molecule has 5 aliphatic rings. The van der Waals surface area contributed by atoms with E-state index < -0.39 is 151 Å². The number of Topliss-reactive ketones (excluding diaryl/α,β-unsaturated/α-hetero) is 3. The summed E-state index contributed by atoms with van der Waals surface area (Å²) in [5.41, 5.74) is 0.980. The van der Waals surface area contributed by atoms with Crippen molar-refractivity contribution < 1.29 is 97.3 Å². The maximum absolute atomic E-state index is 14.6. The molecule has 21 nitrogen and oxygen atoms in total. The van der Waals surface area contributed by atoms with E-state index in [4.69, 9.17) is 37.9 Å². The summed E-state index contributed by atoms with van der Waals surface area (Å²) in [5.74, 6) is -9.58. The molecule has 0 aromatic heterocycles. The van der Waals surface area contributed by atoms with E-state index >= 15 is 0 Å². The predicted molar refractivity (Wildman–Crippen MR) is 284 cm³/mol. The maximum Gasteiger partial charge on any atom is 0.511 e. The molecule has 0 aromatic carbocycles. The van der Waals surface area contributed by atoms with Crippen molar-refractivity contribution in [1.82, 2.24) is 4.90 Å². The number of rotatable bonds is 9. The number of allylic oxidation sites excluding steroid dienone is 6. The van der Waals surface area contributed by atoms with Gasteiger partial charge in [-0.25, -0.2) is 9.59 Å². The van der Waals surface area contributed by atoms with E-state index in [1.807, 2.05) is 51.2 Å². The van der Waals surface area contributed by atoms with Gasteiger partial charge >= 0.3 is 12.1 Å². The highest BCUT2D eigenvalue weighted by atomic mass is 16.8. The molecule has 5 rings (SSSR count). The summed E-state index contributed by atoms with van der Waals surface area (Å²) in [5, 5.41) is 63.7. The summed E-state index contributed by atoms with van der Waals surface area (Å²) in [6, 6.07) is -1.24. The molecule has 1 aliphatic carbocycles. The fourth-order valence-electron chi connectivity index (χ4n) is 11.6. The summed E-state index contributed by atoms with van der Waals surface area (Å²) < 4.78 is 46.1. The first kappa shape index (κ1) is 65.5. The zero-order valence-corrected chi connectivity index (χ0v) is 47.7. The summed E-state index contributed by atoms with van der Waals surface area (Å²) in [6.07, 6.45) is -1.79. The molecule has 4 aliphatic heterocycles. The van der Waals surface area contributed by atoms with Crippen molar-refractivity contribution in [2.24, 2.45) is 35.5 Å². The SMILES string of the molecule is CO[C@H]1C[C@@H]2CC[C@@H](C)[C@@](O)(O2)C(=O)C(=O)N2CCCCC2C(=O)O[C@H]([C@H](C)CC2CC[C@@H](O)[C@H](OC)C2)CC(=O)[C@H](C)/C=C(\C)[C@@H](OC(=O)OC2O[C@@H](CO)[C@H](O)[C@H](O)[C@@H]2O)[C@@H](OC)C(=O)[C@H](C)C[C@H](C)\C=C/C=C/C=C/1C. The number of carbonyl (C=O) groups excluding carboxylic acids is 6. The van der Waals surface area contributed by atoms with Gasteiger partial charge in [-0.15, -0.1) is 0 Å². The number of methoxy groups -OCH3 is 3. The minimum absolute atomic E-state index is 0.0141. The average Bonchev–Trinajstić information content (AvgIpc) is 3.46. The Labute approximate surface area is 464 Å². The van der Waals surface area contributed by atoms with Crippen LogP contribution in [0.5, 0.6) is 0 Å². The molecule has 1 amide bonds. The molecule has 3 saturated heterocycles. The number of carbonyl (C=O) groups is 6. The van der Waals surface area contributed by atoms with Gasteiger partial charge in [0.25, 0.3) is 11.7 Å². The number of piperidine rings is 1. The highest BCUT2D eigenvalue weighted by Gasteiger charge is 2.53. The Morgan fingerprint density at radius 1 is 0.810 bits per heavy atom. The first-order chi connectivity index (χ1) is 37.4. The van der Waals surface area contributed by atoms with Crippen molar-refractivity contribution >= 4 is 35.4 Å². The fraction of sp³-hybridized carbons (Fsp3) is 0.759. The van der Waals surface area contributed by atoms with Crippen LogP contribution in [0.3, 0.4) is 0 Å². The van der Waals surface area contributed by atoms with Crippen LogP contribution in [0.4, 0.5) is 4.79 Å². The van der Waals surface area contributed by atoms with E-state index in [9.17, 15) is 59.4 Å². The molecule has 6 N–H and O–H groups in total. The van der Waals surface area contributed by atoms with Crippen LogP contribution in [0.2, 0.25) is 0 Å². The third-order valence-electron chi connectivity index (χ3n) is 16.7. The number of ether oxygens (including phenoxy) is 8. The van der Waals surface area contributed by atoms with Gasteiger partial charge in [0.15, 0.2) is 18.0 Å². The smallest absolute Gasteiger partial charge is 0.460 e. The molecule has 4 heterocycles. The van der Waals surface area contributed by atoms with Gasteiger partial charge < -0.3 is 73.4 Å². The third kappa shape index (κ3) is 16.9. The van der Waals surface area contributed by atoms with Crippen molar-refractivity contribution in [2.75, 3.05) is 34.5 Å². The number of ketones is 3. The van der Waals surface area contributed by atoms with Gasteiger partial charge in [0.2, 0.25) is 12.1 Å². The van der Waals surface area contributed by atoms with Crippen LogP contribution in [0.1, 0.15) is 126 Å². The Kier molecular flexibility index (Phi) is 25.0. The molecule has 79 heavy (non-hydrogen) atoms. The van der Waals surface area contributed by atoms with Gasteiger partial charge in [-0.1, -0.05) is 71.1 Å². The lowest BCUT2D eigenvalue weighted by Crippen LogP contribution is -2.61. The molecule has 0 radical (unpaired) electrons. The lowest BCUT2D eigenvalue weighted by atomic mass is 9.78. The Balaban J connectivity index is 1.54. The zero-order chi connectivity index (χ0) is 58.5. The monoisotopic (exact) mass is 1120 g/mol. The minimum Gasteiger partial charge on any atom is -0.460 e. The van der Waals surface area contributed by atoms with E-state index in [0.717, 1.165) is 10.5 Å². The van der Waals surface area contributed by atoms with E-state index in [1.54, 1.807) is 20.8 Å². The second-order valence-corrected chi connectivity index (χ2v) is 22.7. The summed E-state index contributed by atoms with van der Waals surface area (Å²) >= 11 is 0. The maximum atomic E-state index is 14.6. The number of hydrogen-bond donors (Lipinski definition) is 6. The molecule has 4 fully saturated rings. The van der Waals surface area contributed by atoms with Crippen LogP contribution in [-0.2, 0) is 61.9 Å². The molecule has 1 saturated carbocycles. The fourth-order valence-corrected chi connectivity index (χ4v) is 11.6. The van der Waals surface area contributed by atoms with Crippen molar-refractivity contribution in [3.8, 4) is 0 Å². The van der Waals surface area contributed by atoms with Crippen LogP contribution >= 0.6 is 0 Å². The van der Waals surface area contributed by atoms with E-state index in [2.05, 4.69) is 0 Å². The number of aliphatic hydroxyl groups excluding tert-OH is 5. The zero-order valence-electron chi connectivity index (χ0n) is 47.7. The molecule has 0 aromatic rings. The van der Waals surface area contributed by atoms with Crippen LogP contribution in [0, 0.1) is 35.5 Å².